The Labute approximate surface area is 132 Å². The molecule has 1 aliphatic carbocycles. The van der Waals surface area contributed by atoms with Crippen molar-refractivity contribution in [3.63, 3.8) is 0 Å². The van der Waals surface area contributed by atoms with E-state index in [0.717, 1.165) is 18.4 Å². The van der Waals surface area contributed by atoms with Crippen molar-refractivity contribution in [2.24, 2.45) is 11.8 Å². The summed E-state index contributed by atoms with van der Waals surface area (Å²) < 4.78 is 1.29. The second kappa shape index (κ2) is 7.61. The van der Waals surface area contributed by atoms with Gasteiger partial charge in [0.25, 0.3) is 0 Å². The maximum Gasteiger partial charge on any atom is 0.0359 e. The molecule has 0 heterocycles. The number of benzene rings is 1. The van der Waals surface area contributed by atoms with E-state index < -0.39 is 0 Å². The van der Waals surface area contributed by atoms with Gasteiger partial charge in [-0.25, -0.2) is 0 Å². The maximum absolute atomic E-state index is 3.80. The van der Waals surface area contributed by atoms with Crippen LogP contribution in [0.5, 0.6) is 0 Å². The highest BCUT2D eigenvalue weighted by Crippen LogP contribution is 2.40. The van der Waals surface area contributed by atoms with Crippen LogP contribution in [0.1, 0.15) is 63.1 Å². The van der Waals surface area contributed by atoms with Crippen molar-refractivity contribution in [2.75, 3.05) is 6.54 Å². The van der Waals surface area contributed by atoms with Crippen LogP contribution in [0.25, 0.3) is 0 Å². The number of rotatable bonds is 5. The Kier molecular flexibility index (Phi) is 6.10. The molecule has 2 rings (SSSR count). The lowest BCUT2D eigenvalue weighted by atomic mass is 9.76. The van der Waals surface area contributed by atoms with Crippen LogP contribution in [0.3, 0.4) is 0 Å². The zero-order valence-corrected chi connectivity index (χ0v) is 14.7. The number of hydrogen-bond acceptors (Lipinski definition) is 1. The van der Waals surface area contributed by atoms with Crippen LogP contribution in [0, 0.1) is 18.8 Å². The molecule has 1 N–H and O–H groups in total. The van der Waals surface area contributed by atoms with Crippen molar-refractivity contribution in [3.8, 4) is 0 Å². The molecule has 1 aromatic rings. The van der Waals surface area contributed by atoms with Crippen molar-refractivity contribution in [2.45, 2.75) is 58.9 Å². The van der Waals surface area contributed by atoms with Crippen molar-refractivity contribution in [1.29, 1.82) is 0 Å². The zero-order valence-electron chi connectivity index (χ0n) is 13.1. The molecule has 1 aromatic carbocycles. The molecule has 1 fully saturated rings. The van der Waals surface area contributed by atoms with Crippen LogP contribution in [-0.2, 0) is 0 Å². The van der Waals surface area contributed by atoms with Crippen LogP contribution in [0.2, 0.25) is 0 Å². The molecule has 0 saturated heterocycles. The molecule has 1 unspecified atom stereocenters. The summed E-state index contributed by atoms with van der Waals surface area (Å²) in [4.78, 5) is 0. The van der Waals surface area contributed by atoms with Crippen molar-refractivity contribution in [3.05, 3.63) is 33.8 Å². The second-order valence-electron chi connectivity index (χ2n) is 6.20. The van der Waals surface area contributed by atoms with Gasteiger partial charge in [-0.1, -0.05) is 67.2 Å². The lowest BCUT2D eigenvalue weighted by Crippen LogP contribution is -2.31. The largest absolute Gasteiger partial charge is 0.310 e. The van der Waals surface area contributed by atoms with E-state index in [-0.39, 0.29) is 0 Å². The summed E-state index contributed by atoms with van der Waals surface area (Å²) in [6.45, 7) is 7.78. The molecule has 2 heteroatoms. The van der Waals surface area contributed by atoms with E-state index in [0.29, 0.717) is 6.04 Å². The summed E-state index contributed by atoms with van der Waals surface area (Å²) >= 11 is 3.80. The van der Waals surface area contributed by atoms with Crippen LogP contribution in [-0.4, -0.2) is 6.54 Å². The molecule has 0 spiro atoms. The van der Waals surface area contributed by atoms with Crippen LogP contribution >= 0.6 is 15.9 Å². The highest BCUT2D eigenvalue weighted by atomic mass is 79.9. The van der Waals surface area contributed by atoms with Gasteiger partial charge in [0.05, 0.1) is 0 Å². The standard InChI is InChI=1S/C18H28BrN/c1-4-14-9-11-15(12-10-14)18(20-5-2)16-8-6-7-13(3)17(16)19/h6-8,14-15,18,20H,4-5,9-12H2,1-3H3. The fourth-order valence-electron chi connectivity index (χ4n) is 3.59. The first kappa shape index (κ1) is 16.0. The molecule has 1 aliphatic rings. The lowest BCUT2D eigenvalue weighted by Gasteiger charge is -2.35. The predicted octanol–water partition coefficient (Wildman–Crippen LogP) is 5.62. The van der Waals surface area contributed by atoms with E-state index in [1.165, 1.54) is 47.7 Å². The molecule has 1 nitrogen and oxygen atoms in total. The summed E-state index contributed by atoms with van der Waals surface area (Å²) in [5.41, 5.74) is 2.79. The summed E-state index contributed by atoms with van der Waals surface area (Å²) in [5, 5.41) is 3.74. The first-order valence-corrected chi connectivity index (χ1v) is 8.95. The highest BCUT2D eigenvalue weighted by molar-refractivity contribution is 9.10. The molecule has 112 valence electrons. The Morgan fingerprint density at radius 3 is 2.50 bits per heavy atom. The first-order valence-electron chi connectivity index (χ1n) is 8.15. The molecule has 0 amide bonds. The van der Waals surface area contributed by atoms with Gasteiger partial charge < -0.3 is 5.32 Å². The summed E-state index contributed by atoms with van der Waals surface area (Å²) in [6, 6.07) is 7.17. The van der Waals surface area contributed by atoms with E-state index in [1.807, 2.05) is 0 Å². The highest BCUT2D eigenvalue weighted by Gasteiger charge is 2.28. The summed E-state index contributed by atoms with van der Waals surface area (Å²) in [5.74, 6) is 1.75. The molecular formula is C18H28BrN. The van der Waals surface area contributed by atoms with Crippen LogP contribution < -0.4 is 5.32 Å². The Balaban J connectivity index is 2.17. The molecule has 1 saturated carbocycles. The van der Waals surface area contributed by atoms with Gasteiger partial charge >= 0.3 is 0 Å². The number of aryl methyl sites for hydroxylation is 1. The van der Waals surface area contributed by atoms with E-state index in [9.17, 15) is 0 Å². The zero-order chi connectivity index (χ0) is 14.5. The van der Waals surface area contributed by atoms with E-state index >= 15 is 0 Å². The second-order valence-corrected chi connectivity index (χ2v) is 7.00. The average molecular weight is 338 g/mol. The van der Waals surface area contributed by atoms with Gasteiger partial charge in [-0.3, -0.25) is 0 Å². The number of hydrogen-bond donors (Lipinski definition) is 1. The Hall–Kier alpha value is -0.340. The van der Waals surface area contributed by atoms with Crippen LogP contribution in [0.4, 0.5) is 0 Å². The molecule has 20 heavy (non-hydrogen) atoms. The lowest BCUT2D eigenvalue weighted by molar-refractivity contribution is 0.219. The normalized spacial score (nSPS) is 24.6. The molecule has 0 bridgehead atoms. The smallest absolute Gasteiger partial charge is 0.0359 e. The minimum Gasteiger partial charge on any atom is -0.310 e. The van der Waals surface area contributed by atoms with Crippen molar-refractivity contribution >= 4 is 15.9 Å². The van der Waals surface area contributed by atoms with Gasteiger partial charge in [0.2, 0.25) is 0 Å². The Morgan fingerprint density at radius 1 is 1.20 bits per heavy atom. The van der Waals surface area contributed by atoms with Gasteiger partial charge in [-0.15, -0.1) is 0 Å². The maximum atomic E-state index is 3.80. The Morgan fingerprint density at radius 2 is 1.90 bits per heavy atom. The molecule has 0 radical (unpaired) electrons. The fraction of sp³-hybridized carbons (Fsp3) is 0.667. The predicted molar refractivity (Wildman–Crippen MR) is 91.0 cm³/mol. The van der Waals surface area contributed by atoms with Gasteiger partial charge in [0.15, 0.2) is 0 Å². The summed E-state index contributed by atoms with van der Waals surface area (Å²) in [6.07, 6.45) is 6.92. The first-order chi connectivity index (χ1) is 9.67. The van der Waals surface area contributed by atoms with Crippen LogP contribution in [0.15, 0.2) is 22.7 Å². The van der Waals surface area contributed by atoms with Gasteiger partial charge in [-0.05, 0) is 49.3 Å². The van der Waals surface area contributed by atoms with Crippen molar-refractivity contribution < 1.29 is 0 Å². The summed E-state index contributed by atoms with van der Waals surface area (Å²) in [7, 11) is 0. The monoisotopic (exact) mass is 337 g/mol. The topological polar surface area (TPSA) is 12.0 Å². The minimum atomic E-state index is 0.507. The quantitative estimate of drug-likeness (QED) is 0.734. The van der Waals surface area contributed by atoms with Crippen molar-refractivity contribution in [1.82, 2.24) is 5.32 Å². The third-order valence-corrected chi connectivity index (χ3v) is 6.00. The third-order valence-electron chi connectivity index (χ3n) is 4.92. The molecule has 0 aliphatic heterocycles. The number of nitrogens with one attached hydrogen (secondary N) is 1. The minimum absolute atomic E-state index is 0.507. The van der Waals surface area contributed by atoms with Gasteiger partial charge in [0, 0.05) is 10.5 Å². The van der Waals surface area contributed by atoms with E-state index in [1.54, 1.807) is 0 Å². The molecular weight excluding hydrogens is 310 g/mol. The third kappa shape index (κ3) is 3.65. The fourth-order valence-corrected chi connectivity index (χ4v) is 4.10. The SMILES string of the molecule is CCNC(c1cccc(C)c1Br)C1CCC(CC)CC1. The van der Waals surface area contributed by atoms with Gasteiger partial charge in [0.1, 0.15) is 0 Å². The molecule has 1 atom stereocenters. The van der Waals surface area contributed by atoms with E-state index in [4.69, 9.17) is 0 Å². The van der Waals surface area contributed by atoms with E-state index in [2.05, 4.69) is 60.2 Å². The average Bonchev–Trinajstić information content (AvgIpc) is 2.48. The number of halogens is 1. The van der Waals surface area contributed by atoms with Gasteiger partial charge in [-0.2, -0.15) is 0 Å². The molecule has 0 aromatic heterocycles. The Bertz CT molecular complexity index is 421.